The fourth-order valence-corrected chi connectivity index (χ4v) is 2.65. The van der Waals surface area contributed by atoms with Gasteiger partial charge in [-0.2, -0.15) is 5.10 Å². The van der Waals surface area contributed by atoms with Crippen LogP contribution in [-0.4, -0.2) is 33.6 Å². The van der Waals surface area contributed by atoms with E-state index in [2.05, 4.69) is 38.1 Å². The molecule has 0 amide bonds. The van der Waals surface area contributed by atoms with E-state index in [1.54, 1.807) is 10.9 Å². The zero-order chi connectivity index (χ0) is 12.7. The highest BCUT2D eigenvalue weighted by atomic mass is 16.3. The lowest BCUT2D eigenvalue weighted by Crippen LogP contribution is -2.34. The number of hydrogen-bond acceptors (Lipinski definition) is 3. The number of aliphatic hydroxyl groups excluding tert-OH is 1. The summed E-state index contributed by atoms with van der Waals surface area (Å²) in [5, 5.41) is 17.5. The third-order valence-electron chi connectivity index (χ3n) is 4.54. The van der Waals surface area contributed by atoms with Gasteiger partial charge in [0.2, 0.25) is 0 Å². The molecule has 1 aliphatic rings. The van der Waals surface area contributed by atoms with E-state index in [-0.39, 0.29) is 6.10 Å². The molecule has 1 saturated carbocycles. The number of rotatable bonds is 5. The van der Waals surface area contributed by atoms with Crippen LogP contribution in [0.15, 0.2) is 18.5 Å². The third-order valence-corrected chi connectivity index (χ3v) is 4.54. The minimum Gasteiger partial charge on any atom is -0.390 e. The molecule has 1 aromatic heterocycles. The molecule has 0 aromatic carbocycles. The summed E-state index contributed by atoms with van der Waals surface area (Å²) in [7, 11) is 0. The molecule has 0 spiro atoms. The van der Waals surface area contributed by atoms with E-state index in [9.17, 15) is 5.11 Å². The maximum absolute atomic E-state index is 9.91. The van der Waals surface area contributed by atoms with Gasteiger partial charge in [-0.3, -0.25) is 4.68 Å². The van der Waals surface area contributed by atoms with Crippen LogP contribution in [0.4, 0.5) is 0 Å². The van der Waals surface area contributed by atoms with E-state index in [1.807, 2.05) is 12.3 Å². The molecule has 0 radical (unpaired) electrons. The minimum atomic E-state index is -0.387. The van der Waals surface area contributed by atoms with Crippen LogP contribution in [-0.2, 0) is 6.54 Å². The molecule has 0 saturated heterocycles. The van der Waals surface area contributed by atoms with Crippen molar-refractivity contribution in [2.24, 2.45) is 10.8 Å². The van der Waals surface area contributed by atoms with Crippen LogP contribution in [0.3, 0.4) is 0 Å². The Morgan fingerprint density at radius 3 is 2.47 bits per heavy atom. The Kier molecular flexibility index (Phi) is 3.04. The summed E-state index contributed by atoms with van der Waals surface area (Å²) in [6.07, 6.45) is 3.21. The highest BCUT2D eigenvalue weighted by Crippen LogP contribution is 2.62. The van der Waals surface area contributed by atoms with Gasteiger partial charge in [-0.15, -0.1) is 0 Å². The molecule has 1 unspecified atom stereocenters. The Hall–Kier alpha value is -0.870. The molecule has 2 rings (SSSR count). The second kappa shape index (κ2) is 4.10. The van der Waals surface area contributed by atoms with Gasteiger partial charge in [-0.25, -0.2) is 0 Å². The van der Waals surface area contributed by atoms with Crippen LogP contribution >= 0.6 is 0 Å². The standard InChI is InChI=1S/C13H23N3O/c1-12(2)11(13(12,3)4)14-8-10(17)9-16-7-5-6-15-16/h5-7,10-11,14,17H,8-9H2,1-4H3. The topological polar surface area (TPSA) is 50.1 Å². The normalized spacial score (nSPS) is 23.6. The molecule has 4 nitrogen and oxygen atoms in total. The highest BCUT2D eigenvalue weighted by Gasteiger charge is 2.64. The second-order valence-electron chi connectivity index (χ2n) is 6.17. The first kappa shape index (κ1) is 12.6. The fourth-order valence-electron chi connectivity index (χ4n) is 2.65. The van der Waals surface area contributed by atoms with Gasteiger partial charge in [0.25, 0.3) is 0 Å². The Bertz CT molecular complexity index is 356. The SMILES string of the molecule is CC1(C)C(NCC(O)Cn2cccn2)C1(C)C. The molecule has 1 atom stereocenters. The number of nitrogens with one attached hydrogen (secondary N) is 1. The molecular formula is C13H23N3O. The van der Waals surface area contributed by atoms with Gasteiger partial charge in [0.05, 0.1) is 12.6 Å². The fraction of sp³-hybridized carbons (Fsp3) is 0.769. The molecule has 4 heteroatoms. The first-order valence-corrected chi connectivity index (χ1v) is 6.24. The molecule has 1 aliphatic carbocycles. The summed E-state index contributed by atoms with van der Waals surface area (Å²) in [4.78, 5) is 0. The molecule has 2 N–H and O–H groups in total. The van der Waals surface area contributed by atoms with Crippen molar-refractivity contribution < 1.29 is 5.11 Å². The van der Waals surface area contributed by atoms with E-state index >= 15 is 0 Å². The molecule has 17 heavy (non-hydrogen) atoms. The van der Waals surface area contributed by atoms with Gasteiger partial charge in [0.1, 0.15) is 0 Å². The van der Waals surface area contributed by atoms with Crippen molar-refractivity contribution in [2.75, 3.05) is 6.54 Å². The van der Waals surface area contributed by atoms with Gasteiger partial charge in [-0.1, -0.05) is 27.7 Å². The lowest BCUT2D eigenvalue weighted by atomic mass is 10.0. The van der Waals surface area contributed by atoms with Crippen molar-refractivity contribution in [2.45, 2.75) is 46.4 Å². The second-order valence-corrected chi connectivity index (χ2v) is 6.17. The number of nitrogens with zero attached hydrogens (tertiary/aromatic N) is 2. The van der Waals surface area contributed by atoms with Crippen molar-refractivity contribution >= 4 is 0 Å². The summed E-state index contributed by atoms with van der Waals surface area (Å²) in [6, 6.07) is 2.36. The van der Waals surface area contributed by atoms with E-state index in [0.29, 0.717) is 30.0 Å². The van der Waals surface area contributed by atoms with Gasteiger partial charge in [0, 0.05) is 25.0 Å². The van der Waals surface area contributed by atoms with Crippen LogP contribution in [0.25, 0.3) is 0 Å². The summed E-state index contributed by atoms with van der Waals surface area (Å²) < 4.78 is 1.76. The predicted octanol–water partition coefficient (Wildman–Crippen LogP) is 1.27. The lowest BCUT2D eigenvalue weighted by molar-refractivity contribution is 0.144. The molecule has 0 aliphatic heterocycles. The monoisotopic (exact) mass is 237 g/mol. The average Bonchev–Trinajstić information content (AvgIpc) is 2.61. The van der Waals surface area contributed by atoms with Gasteiger partial charge in [0.15, 0.2) is 0 Å². The van der Waals surface area contributed by atoms with Crippen molar-refractivity contribution in [3.05, 3.63) is 18.5 Å². The zero-order valence-corrected chi connectivity index (χ0v) is 11.1. The lowest BCUT2D eigenvalue weighted by Gasteiger charge is -2.13. The summed E-state index contributed by atoms with van der Waals surface area (Å²) >= 11 is 0. The number of aliphatic hydroxyl groups is 1. The van der Waals surface area contributed by atoms with Crippen molar-refractivity contribution in [3.8, 4) is 0 Å². The Balaban J connectivity index is 1.76. The Morgan fingerprint density at radius 1 is 1.35 bits per heavy atom. The first-order chi connectivity index (χ1) is 7.85. The molecule has 1 heterocycles. The quantitative estimate of drug-likeness (QED) is 0.811. The smallest absolute Gasteiger partial charge is 0.0860 e. The van der Waals surface area contributed by atoms with Crippen LogP contribution in [0, 0.1) is 10.8 Å². The third kappa shape index (κ3) is 2.24. The van der Waals surface area contributed by atoms with Crippen LogP contribution in [0.2, 0.25) is 0 Å². The number of hydrogen-bond donors (Lipinski definition) is 2. The first-order valence-electron chi connectivity index (χ1n) is 6.24. The maximum atomic E-state index is 9.91. The average molecular weight is 237 g/mol. The largest absolute Gasteiger partial charge is 0.390 e. The van der Waals surface area contributed by atoms with Crippen LogP contribution in [0.1, 0.15) is 27.7 Å². The van der Waals surface area contributed by atoms with E-state index < -0.39 is 0 Å². The Morgan fingerprint density at radius 2 is 2.00 bits per heavy atom. The van der Waals surface area contributed by atoms with Gasteiger partial charge >= 0.3 is 0 Å². The summed E-state index contributed by atoms with van der Waals surface area (Å²) in [6.45, 7) is 10.2. The van der Waals surface area contributed by atoms with E-state index in [4.69, 9.17) is 0 Å². The van der Waals surface area contributed by atoms with Gasteiger partial charge in [-0.05, 0) is 16.9 Å². The van der Waals surface area contributed by atoms with Crippen molar-refractivity contribution in [1.29, 1.82) is 0 Å². The van der Waals surface area contributed by atoms with Crippen molar-refractivity contribution in [3.63, 3.8) is 0 Å². The zero-order valence-electron chi connectivity index (χ0n) is 11.1. The highest BCUT2D eigenvalue weighted by molar-refractivity contribution is 5.17. The molecule has 1 aromatic rings. The van der Waals surface area contributed by atoms with E-state index in [0.717, 1.165) is 0 Å². The van der Waals surface area contributed by atoms with Crippen LogP contribution < -0.4 is 5.32 Å². The molecule has 0 bridgehead atoms. The number of aromatic nitrogens is 2. The molecular weight excluding hydrogens is 214 g/mol. The Labute approximate surface area is 103 Å². The molecule has 96 valence electrons. The van der Waals surface area contributed by atoms with E-state index in [1.165, 1.54) is 0 Å². The predicted molar refractivity (Wildman–Crippen MR) is 67.6 cm³/mol. The van der Waals surface area contributed by atoms with Crippen LogP contribution in [0.5, 0.6) is 0 Å². The maximum Gasteiger partial charge on any atom is 0.0860 e. The summed E-state index contributed by atoms with van der Waals surface area (Å²) in [5.41, 5.74) is 0.636. The summed E-state index contributed by atoms with van der Waals surface area (Å²) in [5.74, 6) is 0. The van der Waals surface area contributed by atoms with Crippen molar-refractivity contribution in [1.82, 2.24) is 15.1 Å². The minimum absolute atomic E-state index is 0.318. The molecule has 1 fully saturated rings. The van der Waals surface area contributed by atoms with Gasteiger partial charge < -0.3 is 10.4 Å².